The molecule has 1 heterocycles. The van der Waals surface area contributed by atoms with E-state index in [1.54, 1.807) is 29.2 Å². The van der Waals surface area contributed by atoms with Crippen LogP contribution in [-0.2, 0) is 27.7 Å². The number of sulfonamides is 1. The smallest absolute Gasteiger partial charge is 0.270 e. The Morgan fingerprint density at radius 1 is 1.00 bits per heavy atom. The van der Waals surface area contributed by atoms with Gasteiger partial charge in [-0.2, -0.15) is 4.31 Å². The third kappa shape index (κ3) is 4.52. The summed E-state index contributed by atoms with van der Waals surface area (Å²) in [7, 11) is -3.59. The molecule has 31 heavy (non-hydrogen) atoms. The SMILES string of the molecule is O=C(/C=C/c1cccc([N+](=O)[O-])c1)N1CCN(S(=O)(=O)c2ccc3c(c2)CCC3)CC1. The van der Waals surface area contributed by atoms with Crippen LogP contribution in [0.15, 0.2) is 53.4 Å². The minimum absolute atomic E-state index is 0.0417. The lowest BCUT2D eigenvalue weighted by Gasteiger charge is -2.33. The van der Waals surface area contributed by atoms with E-state index in [0.717, 1.165) is 24.8 Å². The van der Waals surface area contributed by atoms with Crippen molar-refractivity contribution >= 4 is 27.7 Å². The first-order valence-corrected chi connectivity index (χ1v) is 11.6. The van der Waals surface area contributed by atoms with Gasteiger partial charge in [-0.25, -0.2) is 8.42 Å². The highest BCUT2D eigenvalue weighted by molar-refractivity contribution is 7.89. The number of carbonyl (C=O) groups is 1. The van der Waals surface area contributed by atoms with Gasteiger partial charge in [0, 0.05) is 44.4 Å². The van der Waals surface area contributed by atoms with Gasteiger partial charge in [0.1, 0.15) is 0 Å². The third-order valence-corrected chi connectivity index (χ3v) is 7.65. The van der Waals surface area contributed by atoms with Crippen LogP contribution in [-0.4, -0.2) is 54.6 Å². The molecule has 0 radical (unpaired) electrons. The molecule has 2 aromatic rings. The zero-order chi connectivity index (χ0) is 22.0. The zero-order valence-corrected chi connectivity index (χ0v) is 17.8. The van der Waals surface area contributed by atoms with E-state index < -0.39 is 14.9 Å². The van der Waals surface area contributed by atoms with Crippen LogP contribution in [0.2, 0.25) is 0 Å². The standard InChI is InChI=1S/C22H23N3O5S/c26-22(10-7-17-3-1-6-20(15-17)25(27)28)23-11-13-24(14-12-23)31(29,30)21-9-8-18-4-2-5-19(18)16-21/h1,3,6-10,15-16H,2,4-5,11-14H2/b10-7+. The fourth-order valence-corrected chi connectivity index (χ4v) is 5.49. The molecule has 162 valence electrons. The van der Waals surface area contributed by atoms with E-state index in [-0.39, 0.29) is 24.7 Å². The number of fused-ring (bicyclic) bond motifs is 1. The first-order valence-electron chi connectivity index (χ1n) is 10.2. The second-order valence-corrected chi connectivity index (χ2v) is 9.64. The summed E-state index contributed by atoms with van der Waals surface area (Å²) in [5, 5.41) is 10.9. The Hall–Kier alpha value is -3.04. The lowest BCUT2D eigenvalue weighted by Crippen LogP contribution is -2.50. The quantitative estimate of drug-likeness (QED) is 0.403. The number of amides is 1. The molecule has 1 saturated heterocycles. The summed E-state index contributed by atoms with van der Waals surface area (Å²) in [6.45, 7) is 1.05. The number of carbonyl (C=O) groups excluding carboxylic acids is 1. The van der Waals surface area contributed by atoms with Crippen LogP contribution in [0.1, 0.15) is 23.1 Å². The first kappa shape index (κ1) is 21.2. The summed E-state index contributed by atoms with van der Waals surface area (Å²) < 4.78 is 27.5. The molecule has 0 unspecified atom stereocenters. The number of hydrogen-bond donors (Lipinski definition) is 0. The maximum Gasteiger partial charge on any atom is 0.270 e. The van der Waals surface area contributed by atoms with Gasteiger partial charge in [0.05, 0.1) is 9.82 Å². The van der Waals surface area contributed by atoms with Gasteiger partial charge in [-0.1, -0.05) is 18.2 Å². The molecule has 2 aliphatic rings. The molecule has 9 heteroatoms. The predicted molar refractivity (Wildman–Crippen MR) is 116 cm³/mol. The molecule has 0 aromatic heterocycles. The number of hydrogen-bond acceptors (Lipinski definition) is 5. The van der Waals surface area contributed by atoms with Crippen LogP contribution in [0.5, 0.6) is 0 Å². The Morgan fingerprint density at radius 2 is 1.74 bits per heavy atom. The maximum absolute atomic E-state index is 13.0. The minimum atomic E-state index is -3.59. The van der Waals surface area contributed by atoms with Crippen molar-refractivity contribution in [1.82, 2.24) is 9.21 Å². The molecule has 0 bridgehead atoms. The molecule has 0 atom stereocenters. The average Bonchev–Trinajstić information content (AvgIpc) is 3.25. The van der Waals surface area contributed by atoms with Crippen LogP contribution in [0.25, 0.3) is 6.08 Å². The second kappa shape index (κ2) is 8.60. The van der Waals surface area contributed by atoms with Crippen LogP contribution < -0.4 is 0 Å². The van der Waals surface area contributed by atoms with Crippen molar-refractivity contribution in [2.24, 2.45) is 0 Å². The van der Waals surface area contributed by atoms with Gasteiger partial charge in [-0.3, -0.25) is 14.9 Å². The van der Waals surface area contributed by atoms with E-state index in [2.05, 4.69) is 0 Å². The molecule has 4 rings (SSSR count). The van der Waals surface area contributed by atoms with Gasteiger partial charge in [-0.15, -0.1) is 0 Å². The monoisotopic (exact) mass is 441 g/mol. The average molecular weight is 442 g/mol. The van der Waals surface area contributed by atoms with E-state index >= 15 is 0 Å². The van der Waals surface area contributed by atoms with Crippen LogP contribution in [0, 0.1) is 10.1 Å². The molecule has 1 fully saturated rings. The van der Waals surface area contributed by atoms with Crippen molar-refractivity contribution in [3.8, 4) is 0 Å². The molecule has 1 aliphatic heterocycles. The lowest BCUT2D eigenvalue weighted by molar-refractivity contribution is -0.384. The Labute approximate surface area is 181 Å². The van der Waals surface area contributed by atoms with Crippen molar-refractivity contribution in [3.05, 3.63) is 75.3 Å². The molecule has 0 spiro atoms. The third-order valence-electron chi connectivity index (χ3n) is 5.76. The van der Waals surface area contributed by atoms with Gasteiger partial charge in [0.25, 0.3) is 5.69 Å². The summed E-state index contributed by atoms with van der Waals surface area (Å²) >= 11 is 0. The summed E-state index contributed by atoms with van der Waals surface area (Å²) in [5.74, 6) is -0.249. The molecule has 2 aromatic carbocycles. The number of rotatable bonds is 5. The normalized spacial score (nSPS) is 17.1. The van der Waals surface area contributed by atoms with Crippen LogP contribution in [0.4, 0.5) is 5.69 Å². The highest BCUT2D eigenvalue weighted by Crippen LogP contribution is 2.26. The number of non-ortho nitro benzene ring substituents is 1. The predicted octanol–water partition coefficient (Wildman–Crippen LogP) is 2.63. The van der Waals surface area contributed by atoms with Crippen molar-refractivity contribution < 1.29 is 18.1 Å². The second-order valence-electron chi connectivity index (χ2n) is 7.70. The molecule has 0 N–H and O–H groups in total. The van der Waals surface area contributed by atoms with Crippen molar-refractivity contribution in [1.29, 1.82) is 0 Å². The first-order chi connectivity index (χ1) is 14.8. The Balaban J connectivity index is 1.38. The fraction of sp³-hybridized carbons (Fsp3) is 0.318. The number of nitrogens with zero attached hydrogens (tertiary/aromatic N) is 3. The van der Waals surface area contributed by atoms with Gasteiger partial charge in [-0.05, 0) is 54.2 Å². The van der Waals surface area contributed by atoms with Gasteiger partial charge >= 0.3 is 0 Å². The fourth-order valence-electron chi connectivity index (χ4n) is 4.02. The molecule has 1 aliphatic carbocycles. The topological polar surface area (TPSA) is 101 Å². The van der Waals surface area contributed by atoms with E-state index in [1.165, 1.54) is 34.2 Å². The van der Waals surface area contributed by atoms with E-state index in [9.17, 15) is 23.3 Å². The number of nitro groups is 1. The maximum atomic E-state index is 13.0. The van der Waals surface area contributed by atoms with Gasteiger partial charge < -0.3 is 4.90 Å². The van der Waals surface area contributed by atoms with Crippen molar-refractivity contribution in [2.45, 2.75) is 24.2 Å². The number of aryl methyl sites for hydroxylation is 2. The number of piperazine rings is 1. The van der Waals surface area contributed by atoms with Crippen LogP contribution in [0.3, 0.4) is 0 Å². The number of nitro benzene ring substituents is 1. The minimum Gasteiger partial charge on any atom is -0.337 e. The molecular formula is C22H23N3O5S. The molecule has 8 nitrogen and oxygen atoms in total. The molecule has 0 saturated carbocycles. The van der Waals surface area contributed by atoms with Crippen LogP contribution >= 0.6 is 0 Å². The van der Waals surface area contributed by atoms with Gasteiger partial charge in [0.2, 0.25) is 15.9 Å². The molecule has 1 amide bonds. The highest BCUT2D eigenvalue weighted by atomic mass is 32.2. The van der Waals surface area contributed by atoms with Gasteiger partial charge in [0.15, 0.2) is 0 Å². The Bertz CT molecular complexity index is 1150. The number of benzene rings is 2. The molecular weight excluding hydrogens is 418 g/mol. The largest absolute Gasteiger partial charge is 0.337 e. The van der Waals surface area contributed by atoms with E-state index in [4.69, 9.17) is 0 Å². The lowest BCUT2D eigenvalue weighted by atomic mass is 10.1. The Morgan fingerprint density at radius 3 is 2.48 bits per heavy atom. The highest BCUT2D eigenvalue weighted by Gasteiger charge is 2.30. The van der Waals surface area contributed by atoms with Crippen molar-refractivity contribution in [2.75, 3.05) is 26.2 Å². The van der Waals surface area contributed by atoms with Crippen molar-refractivity contribution in [3.63, 3.8) is 0 Å². The van der Waals surface area contributed by atoms with E-state index in [1.807, 2.05) is 6.07 Å². The Kier molecular flexibility index (Phi) is 5.88. The summed E-state index contributed by atoms with van der Waals surface area (Å²) in [6.07, 6.45) is 5.87. The summed E-state index contributed by atoms with van der Waals surface area (Å²) in [4.78, 5) is 24.8. The summed E-state index contributed by atoms with van der Waals surface area (Å²) in [6, 6.07) is 11.4. The zero-order valence-electron chi connectivity index (χ0n) is 16.9. The summed E-state index contributed by atoms with van der Waals surface area (Å²) in [5.41, 5.74) is 2.85. The van der Waals surface area contributed by atoms with E-state index in [0.29, 0.717) is 23.5 Å².